The predicted molar refractivity (Wildman–Crippen MR) is 116 cm³/mol. The number of aliphatic imine (C=N–C) groups is 1. The third kappa shape index (κ3) is 6.60. The number of nitrogens with one attached hydrogen (secondary N) is 3. The lowest BCUT2D eigenvalue weighted by Crippen LogP contribution is -2.36. The summed E-state index contributed by atoms with van der Waals surface area (Å²) in [7, 11) is -1.62. The van der Waals surface area contributed by atoms with E-state index in [4.69, 9.17) is 0 Å². The van der Waals surface area contributed by atoms with Crippen LogP contribution in [0.4, 0.5) is 0 Å². The topological polar surface area (TPSA) is 99.7 Å². The Morgan fingerprint density at radius 1 is 1.07 bits per heavy atom. The van der Waals surface area contributed by atoms with Crippen LogP contribution >= 0.6 is 0 Å². The van der Waals surface area contributed by atoms with Crippen molar-refractivity contribution in [3.8, 4) is 0 Å². The molecule has 0 bridgehead atoms. The van der Waals surface area contributed by atoms with Crippen LogP contribution in [0.2, 0.25) is 0 Å². The van der Waals surface area contributed by atoms with Gasteiger partial charge in [-0.05, 0) is 48.7 Å². The number of sulfone groups is 1. The molecule has 0 aliphatic carbocycles. The van der Waals surface area contributed by atoms with E-state index in [9.17, 15) is 13.2 Å². The molecule has 0 aliphatic rings. The molecule has 0 unspecified atom stereocenters. The molecule has 1 amide bonds. The molecular formula is C21H28N4O3S. The molecule has 0 fully saturated rings. The number of benzene rings is 2. The molecule has 7 nitrogen and oxygen atoms in total. The van der Waals surface area contributed by atoms with Crippen LogP contribution in [0.15, 0.2) is 52.4 Å². The first-order valence-corrected chi connectivity index (χ1v) is 11.3. The molecule has 0 aromatic heterocycles. The molecule has 0 saturated heterocycles. The van der Waals surface area contributed by atoms with E-state index in [0.717, 1.165) is 16.7 Å². The van der Waals surface area contributed by atoms with Crippen LogP contribution in [0.5, 0.6) is 0 Å². The van der Waals surface area contributed by atoms with Crippen LogP contribution in [0, 0.1) is 6.92 Å². The van der Waals surface area contributed by atoms with Crippen molar-refractivity contribution in [3.05, 3.63) is 64.7 Å². The zero-order chi connectivity index (χ0) is 21.4. The van der Waals surface area contributed by atoms with Crippen molar-refractivity contribution in [2.45, 2.75) is 31.8 Å². The quantitative estimate of drug-likeness (QED) is 0.474. The number of hydrogen-bond donors (Lipinski definition) is 3. The molecule has 29 heavy (non-hydrogen) atoms. The highest BCUT2D eigenvalue weighted by Gasteiger charge is 2.11. The fourth-order valence-corrected chi connectivity index (χ4v) is 3.85. The third-order valence-corrected chi connectivity index (χ3v) is 5.54. The van der Waals surface area contributed by atoms with E-state index >= 15 is 0 Å². The van der Waals surface area contributed by atoms with Crippen LogP contribution in [-0.2, 0) is 22.9 Å². The summed E-state index contributed by atoms with van der Waals surface area (Å²) < 4.78 is 23.5. The van der Waals surface area contributed by atoms with Gasteiger partial charge in [0, 0.05) is 32.0 Å². The largest absolute Gasteiger partial charge is 0.357 e. The minimum atomic E-state index is -3.23. The summed E-state index contributed by atoms with van der Waals surface area (Å²) in [4.78, 5) is 16.7. The summed E-state index contributed by atoms with van der Waals surface area (Å²) in [6, 6.07) is 12.6. The van der Waals surface area contributed by atoms with Crippen LogP contribution < -0.4 is 16.0 Å². The van der Waals surface area contributed by atoms with Crippen molar-refractivity contribution >= 4 is 21.7 Å². The van der Waals surface area contributed by atoms with Gasteiger partial charge < -0.3 is 16.0 Å². The van der Waals surface area contributed by atoms with Gasteiger partial charge in [-0.1, -0.05) is 24.3 Å². The first-order valence-electron chi connectivity index (χ1n) is 9.37. The highest BCUT2D eigenvalue weighted by atomic mass is 32.2. The molecule has 2 aromatic rings. The number of carbonyl (C=O) groups excluding carboxylic acids is 1. The second-order valence-electron chi connectivity index (χ2n) is 6.70. The number of carbonyl (C=O) groups is 1. The Hall–Kier alpha value is -2.87. The van der Waals surface area contributed by atoms with E-state index in [1.54, 1.807) is 32.2 Å². The van der Waals surface area contributed by atoms with Crippen molar-refractivity contribution < 1.29 is 13.2 Å². The van der Waals surface area contributed by atoms with Crippen molar-refractivity contribution in [3.63, 3.8) is 0 Å². The molecule has 8 heteroatoms. The van der Waals surface area contributed by atoms with Gasteiger partial charge in [-0.3, -0.25) is 4.79 Å². The molecule has 3 N–H and O–H groups in total. The number of aryl methyl sites for hydroxylation is 1. The van der Waals surface area contributed by atoms with Gasteiger partial charge in [0.15, 0.2) is 15.8 Å². The predicted octanol–water partition coefficient (Wildman–Crippen LogP) is 2.01. The van der Waals surface area contributed by atoms with Crippen molar-refractivity contribution in [2.75, 3.05) is 19.8 Å². The number of rotatable bonds is 7. The highest BCUT2D eigenvalue weighted by Crippen LogP contribution is 2.16. The number of hydrogen-bond acceptors (Lipinski definition) is 4. The van der Waals surface area contributed by atoms with Gasteiger partial charge >= 0.3 is 0 Å². The summed E-state index contributed by atoms with van der Waals surface area (Å²) in [5, 5.41) is 9.05. The Morgan fingerprint density at radius 3 is 2.45 bits per heavy atom. The maximum absolute atomic E-state index is 11.8. The monoisotopic (exact) mass is 416 g/mol. The van der Waals surface area contributed by atoms with Crippen molar-refractivity contribution in [1.29, 1.82) is 0 Å². The molecule has 2 rings (SSSR count). The molecule has 0 atom stereocenters. The van der Waals surface area contributed by atoms with Gasteiger partial charge in [-0.2, -0.15) is 0 Å². The van der Waals surface area contributed by atoms with E-state index in [1.165, 1.54) is 6.26 Å². The molecule has 2 aromatic carbocycles. The second kappa shape index (κ2) is 10.1. The fraction of sp³-hybridized carbons (Fsp3) is 0.333. The van der Waals surface area contributed by atoms with Gasteiger partial charge in [0.25, 0.3) is 5.91 Å². The SMILES string of the molecule is CCNC(=NCc1cccc(C(=O)NC)c1)NCc1ccc(S(C)(=O)=O)c(C)c1. The molecule has 0 spiro atoms. The van der Waals surface area contributed by atoms with Crippen molar-refractivity contribution in [2.24, 2.45) is 4.99 Å². The lowest BCUT2D eigenvalue weighted by Gasteiger charge is -2.13. The number of guanidine groups is 1. The van der Waals surface area contributed by atoms with Crippen LogP contribution in [0.25, 0.3) is 0 Å². The Bertz CT molecular complexity index is 1000. The average Bonchev–Trinajstić information content (AvgIpc) is 2.68. The fourth-order valence-electron chi connectivity index (χ4n) is 2.89. The Morgan fingerprint density at radius 2 is 1.83 bits per heavy atom. The molecule has 0 saturated carbocycles. The van der Waals surface area contributed by atoms with E-state index in [0.29, 0.717) is 36.1 Å². The zero-order valence-electron chi connectivity index (χ0n) is 17.2. The first kappa shape index (κ1) is 22.4. The van der Waals surface area contributed by atoms with E-state index in [2.05, 4.69) is 20.9 Å². The van der Waals surface area contributed by atoms with Gasteiger partial charge in [0.1, 0.15) is 0 Å². The Labute approximate surface area is 172 Å². The highest BCUT2D eigenvalue weighted by molar-refractivity contribution is 7.90. The zero-order valence-corrected chi connectivity index (χ0v) is 18.1. The molecule has 0 heterocycles. The van der Waals surface area contributed by atoms with Gasteiger partial charge in [0.05, 0.1) is 11.4 Å². The van der Waals surface area contributed by atoms with Gasteiger partial charge in [-0.15, -0.1) is 0 Å². The number of amides is 1. The standard InChI is InChI=1S/C21H28N4O3S/c1-5-23-21(24-13-16-7-6-8-18(12-16)20(26)22-3)25-14-17-9-10-19(15(2)11-17)29(4,27)28/h6-12H,5,13-14H2,1-4H3,(H,22,26)(H2,23,24,25). The Balaban J connectivity index is 2.08. The van der Waals surface area contributed by atoms with Crippen LogP contribution in [-0.4, -0.2) is 40.1 Å². The molecule has 156 valence electrons. The molecular weight excluding hydrogens is 388 g/mol. The lowest BCUT2D eigenvalue weighted by molar-refractivity contribution is 0.0963. The van der Waals surface area contributed by atoms with Crippen molar-refractivity contribution in [1.82, 2.24) is 16.0 Å². The van der Waals surface area contributed by atoms with E-state index in [1.807, 2.05) is 31.2 Å². The second-order valence-corrected chi connectivity index (χ2v) is 8.68. The third-order valence-electron chi connectivity index (χ3n) is 4.28. The normalized spacial score (nSPS) is 11.8. The average molecular weight is 417 g/mol. The maximum atomic E-state index is 11.8. The van der Waals surface area contributed by atoms with Crippen LogP contribution in [0.3, 0.4) is 0 Å². The maximum Gasteiger partial charge on any atom is 0.251 e. The summed E-state index contributed by atoms with van der Waals surface area (Å²) in [6.07, 6.45) is 1.21. The van der Waals surface area contributed by atoms with Gasteiger partial charge in [-0.25, -0.2) is 13.4 Å². The smallest absolute Gasteiger partial charge is 0.251 e. The minimum absolute atomic E-state index is 0.131. The first-order chi connectivity index (χ1) is 13.7. The Kier molecular flexibility index (Phi) is 7.78. The summed E-state index contributed by atoms with van der Waals surface area (Å²) in [5.41, 5.74) is 3.21. The minimum Gasteiger partial charge on any atom is -0.357 e. The summed E-state index contributed by atoms with van der Waals surface area (Å²) in [6.45, 7) is 5.41. The number of nitrogens with zero attached hydrogens (tertiary/aromatic N) is 1. The molecule has 0 aliphatic heterocycles. The molecule has 0 radical (unpaired) electrons. The summed E-state index contributed by atoms with van der Waals surface area (Å²) in [5.74, 6) is 0.511. The van der Waals surface area contributed by atoms with Gasteiger partial charge in [0.2, 0.25) is 0 Å². The van der Waals surface area contributed by atoms with E-state index in [-0.39, 0.29) is 5.91 Å². The van der Waals surface area contributed by atoms with E-state index < -0.39 is 9.84 Å². The van der Waals surface area contributed by atoms with Crippen LogP contribution in [0.1, 0.15) is 34.0 Å². The lowest BCUT2D eigenvalue weighted by atomic mass is 10.1. The summed E-state index contributed by atoms with van der Waals surface area (Å²) >= 11 is 0.